The van der Waals surface area contributed by atoms with Gasteiger partial charge in [0.1, 0.15) is 5.82 Å². The van der Waals surface area contributed by atoms with E-state index in [-0.39, 0.29) is 5.91 Å². The Labute approximate surface area is 126 Å². The molecular weight excluding hydrogens is 320 g/mol. The van der Waals surface area contributed by atoms with Gasteiger partial charge in [0, 0.05) is 25.1 Å². The molecule has 1 amide bonds. The van der Waals surface area contributed by atoms with Crippen LogP contribution in [-0.4, -0.2) is 35.1 Å². The second-order valence-electron chi connectivity index (χ2n) is 4.49. The third-order valence-electron chi connectivity index (χ3n) is 2.65. The third-order valence-corrected chi connectivity index (χ3v) is 3.15. The van der Waals surface area contributed by atoms with E-state index in [4.69, 9.17) is 0 Å². The van der Waals surface area contributed by atoms with Gasteiger partial charge in [-0.05, 0) is 29.8 Å². The summed E-state index contributed by atoms with van der Waals surface area (Å²) in [7, 11) is 3.37. The van der Waals surface area contributed by atoms with E-state index in [1.54, 1.807) is 26.2 Å². The molecule has 0 aliphatic heterocycles. The number of halogens is 1. The fourth-order valence-corrected chi connectivity index (χ4v) is 2.06. The average Bonchev–Trinajstić information content (AvgIpc) is 2.45. The highest BCUT2D eigenvalue weighted by Crippen LogP contribution is 2.13. The van der Waals surface area contributed by atoms with E-state index in [1.807, 2.05) is 24.3 Å². The van der Waals surface area contributed by atoms with Crippen LogP contribution in [0.4, 0.5) is 5.82 Å². The molecular formula is C14H15BrN4O. The monoisotopic (exact) mass is 334 g/mol. The van der Waals surface area contributed by atoms with Crippen molar-refractivity contribution in [3.63, 3.8) is 0 Å². The Morgan fingerprint density at radius 3 is 2.65 bits per heavy atom. The number of anilines is 1. The Bertz CT molecular complexity index is 598. The van der Waals surface area contributed by atoms with Gasteiger partial charge in [0.2, 0.25) is 0 Å². The molecule has 0 spiro atoms. The van der Waals surface area contributed by atoms with Crippen molar-refractivity contribution in [3.8, 4) is 0 Å². The fraction of sp³-hybridized carbons (Fsp3) is 0.214. The summed E-state index contributed by atoms with van der Waals surface area (Å²) in [6.07, 6.45) is 0. The van der Waals surface area contributed by atoms with Gasteiger partial charge in [0.15, 0.2) is 5.69 Å². The van der Waals surface area contributed by atoms with E-state index in [2.05, 4.69) is 31.4 Å². The number of hydrogen-bond donors (Lipinski definition) is 1. The van der Waals surface area contributed by atoms with E-state index >= 15 is 0 Å². The van der Waals surface area contributed by atoms with E-state index in [0.29, 0.717) is 18.1 Å². The smallest absolute Gasteiger partial charge is 0.273 e. The predicted octanol–water partition coefficient (Wildman–Crippen LogP) is 2.55. The van der Waals surface area contributed by atoms with Gasteiger partial charge in [-0.15, -0.1) is 10.2 Å². The van der Waals surface area contributed by atoms with Crippen molar-refractivity contribution in [1.82, 2.24) is 15.1 Å². The van der Waals surface area contributed by atoms with Crippen LogP contribution in [0.3, 0.4) is 0 Å². The lowest BCUT2D eigenvalue weighted by molar-refractivity contribution is 0.0821. The molecule has 0 saturated carbocycles. The molecule has 0 bridgehead atoms. The molecule has 2 aromatic rings. The van der Waals surface area contributed by atoms with Crippen LogP contribution < -0.4 is 5.32 Å². The van der Waals surface area contributed by atoms with Crippen molar-refractivity contribution >= 4 is 27.7 Å². The Balaban J connectivity index is 1.99. The van der Waals surface area contributed by atoms with Gasteiger partial charge in [-0.2, -0.15) is 0 Å². The second-order valence-corrected chi connectivity index (χ2v) is 5.40. The molecule has 1 N–H and O–H groups in total. The number of amides is 1. The molecule has 0 radical (unpaired) electrons. The number of nitrogens with one attached hydrogen (secondary N) is 1. The first-order valence-corrected chi connectivity index (χ1v) is 6.89. The highest BCUT2D eigenvalue weighted by Gasteiger charge is 2.09. The van der Waals surface area contributed by atoms with Crippen LogP contribution in [0.5, 0.6) is 0 Å². The van der Waals surface area contributed by atoms with E-state index < -0.39 is 0 Å². The third kappa shape index (κ3) is 3.77. The normalized spacial score (nSPS) is 10.2. The van der Waals surface area contributed by atoms with Gasteiger partial charge >= 0.3 is 0 Å². The molecule has 1 aromatic carbocycles. The van der Waals surface area contributed by atoms with Crippen molar-refractivity contribution in [2.45, 2.75) is 6.54 Å². The van der Waals surface area contributed by atoms with Crippen LogP contribution in [-0.2, 0) is 6.54 Å². The molecule has 0 fully saturated rings. The molecule has 104 valence electrons. The predicted molar refractivity (Wildman–Crippen MR) is 81.5 cm³/mol. The van der Waals surface area contributed by atoms with Crippen LogP contribution in [0.2, 0.25) is 0 Å². The van der Waals surface area contributed by atoms with Crippen molar-refractivity contribution < 1.29 is 4.79 Å². The van der Waals surface area contributed by atoms with E-state index in [1.165, 1.54) is 4.90 Å². The summed E-state index contributed by atoms with van der Waals surface area (Å²) in [5.74, 6) is 0.483. The number of nitrogens with zero attached hydrogens (tertiary/aromatic N) is 3. The lowest BCUT2D eigenvalue weighted by Crippen LogP contribution is -2.23. The standard InChI is InChI=1S/C14H15BrN4O/c1-19(2)14(20)12-6-7-13(18-17-12)16-9-10-4-3-5-11(15)8-10/h3-8H,9H2,1-2H3,(H,16,18). The number of aromatic nitrogens is 2. The number of rotatable bonds is 4. The maximum absolute atomic E-state index is 11.7. The average molecular weight is 335 g/mol. The second kappa shape index (κ2) is 6.47. The van der Waals surface area contributed by atoms with Crippen LogP contribution in [0.15, 0.2) is 40.9 Å². The molecule has 0 atom stereocenters. The van der Waals surface area contributed by atoms with Crippen molar-refractivity contribution in [2.75, 3.05) is 19.4 Å². The number of carbonyl (C=O) groups excluding carboxylic acids is 1. The lowest BCUT2D eigenvalue weighted by atomic mass is 10.2. The lowest BCUT2D eigenvalue weighted by Gasteiger charge is -2.09. The maximum Gasteiger partial charge on any atom is 0.273 e. The first-order valence-electron chi connectivity index (χ1n) is 6.10. The van der Waals surface area contributed by atoms with Crippen molar-refractivity contribution in [1.29, 1.82) is 0 Å². The van der Waals surface area contributed by atoms with Gasteiger partial charge in [0.05, 0.1) is 0 Å². The highest BCUT2D eigenvalue weighted by molar-refractivity contribution is 9.10. The maximum atomic E-state index is 11.7. The van der Waals surface area contributed by atoms with Crippen LogP contribution in [0.1, 0.15) is 16.1 Å². The van der Waals surface area contributed by atoms with Crippen LogP contribution in [0.25, 0.3) is 0 Å². The number of carbonyl (C=O) groups is 1. The van der Waals surface area contributed by atoms with Crippen molar-refractivity contribution in [2.24, 2.45) is 0 Å². The Morgan fingerprint density at radius 1 is 1.25 bits per heavy atom. The molecule has 1 heterocycles. The molecule has 1 aromatic heterocycles. The number of hydrogen-bond acceptors (Lipinski definition) is 4. The fourth-order valence-electron chi connectivity index (χ4n) is 1.61. The molecule has 0 saturated heterocycles. The zero-order valence-corrected chi connectivity index (χ0v) is 12.9. The first kappa shape index (κ1) is 14.5. The van der Waals surface area contributed by atoms with Crippen LogP contribution in [0, 0.1) is 0 Å². The minimum atomic E-state index is -0.156. The van der Waals surface area contributed by atoms with Gasteiger partial charge in [-0.25, -0.2) is 0 Å². The van der Waals surface area contributed by atoms with Gasteiger partial charge in [-0.3, -0.25) is 4.79 Å². The number of benzene rings is 1. The van der Waals surface area contributed by atoms with E-state index in [9.17, 15) is 4.79 Å². The van der Waals surface area contributed by atoms with Gasteiger partial charge in [0.25, 0.3) is 5.91 Å². The molecule has 6 heteroatoms. The summed E-state index contributed by atoms with van der Waals surface area (Å²) >= 11 is 3.43. The Morgan fingerprint density at radius 2 is 2.05 bits per heavy atom. The quantitative estimate of drug-likeness (QED) is 0.933. The zero-order valence-electron chi connectivity index (χ0n) is 11.3. The molecule has 0 unspecified atom stereocenters. The molecule has 0 aliphatic rings. The van der Waals surface area contributed by atoms with E-state index in [0.717, 1.165) is 10.0 Å². The topological polar surface area (TPSA) is 58.1 Å². The largest absolute Gasteiger partial charge is 0.365 e. The molecule has 20 heavy (non-hydrogen) atoms. The Hall–Kier alpha value is -1.95. The molecule has 5 nitrogen and oxygen atoms in total. The minimum absolute atomic E-state index is 0.156. The van der Waals surface area contributed by atoms with Gasteiger partial charge in [-0.1, -0.05) is 28.1 Å². The van der Waals surface area contributed by atoms with Crippen LogP contribution >= 0.6 is 15.9 Å². The SMILES string of the molecule is CN(C)C(=O)c1ccc(NCc2cccc(Br)c2)nn1. The summed E-state index contributed by atoms with van der Waals surface area (Å²) in [6, 6.07) is 11.4. The molecule has 2 rings (SSSR count). The summed E-state index contributed by atoms with van der Waals surface area (Å²) < 4.78 is 1.04. The highest BCUT2D eigenvalue weighted by atomic mass is 79.9. The van der Waals surface area contributed by atoms with Crippen molar-refractivity contribution in [3.05, 3.63) is 52.1 Å². The van der Waals surface area contributed by atoms with Gasteiger partial charge < -0.3 is 10.2 Å². The summed E-state index contributed by atoms with van der Waals surface area (Å²) in [6.45, 7) is 0.648. The summed E-state index contributed by atoms with van der Waals surface area (Å²) in [4.78, 5) is 13.1. The minimum Gasteiger partial charge on any atom is -0.365 e. The Kier molecular flexibility index (Phi) is 4.68. The first-order chi connectivity index (χ1) is 9.56. The molecule has 0 aliphatic carbocycles. The summed E-state index contributed by atoms with van der Waals surface area (Å²) in [5, 5.41) is 11.1. The zero-order chi connectivity index (χ0) is 14.5. The summed E-state index contributed by atoms with van der Waals surface area (Å²) in [5.41, 5.74) is 1.47.